The van der Waals surface area contributed by atoms with Crippen LogP contribution in [-0.4, -0.2) is 11.9 Å². The third kappa shape index (κ3) is 1.82. The predicted molar refractivity (Wildman–Crippen MR) is 44.1 cm³/mol. The minimum Gasteiger partial charge on any atom is -0.338 e. The molecular formula is C8H2F4N2O4. The second-order valence-corrected chi connectivity index (χ2v) is 2.97. The second kappa shape index (κ2) is 4.14. The molecule has 1 saturated heterocycles. The number of benzene rings is 1. The lowest BCUT2D eigenvalue weighted by molar-refractivity contribution is -0.192. The molecule has 0 radical (unpaired) electrons. The van der Waals surface area contributed by atoms with Gasteiger partial charge in [-0.25, -0.2) is 27.2 Å². The van der Waals surface area contributed by atoms with Gasteiger partial charge in [0.2, 0.25) is 0 Å². The number of nitrogens with zero attached hydrogens (tertiary/aromatic N) is 1. The van der Waals surface area contributed by atoms with Crippen LogP contribution in [0.1, 0.15) is 0 Å². The van der Waals surface area contributed by atoms with Crippen molar-refractivity contribution < 1.29 is 36.8 Å². The summed E-state index contributed by atoms with van der Waals surface area (Å²) in [6.45, 7) is 0. The van der Waals surface area contributed by atoms with Gasteiger partial charge in [0.25, 0.3) is 0 Å². The molecule has 2 rings (SSSR count). The molecule has 1 fully saturated rings. The molecule has 0 saturated carbocycles. The van der Waals surface area contributed by atoms with E-state index in [1.165, 1.54) is 0 Å². The van der Waals surface area contributed by atoms with Crippen LogP contribution in [0, 0.1) is 23.3 Å². The van der Waals surface area contributed by atoms with Crippen LogP contribution >= 0.6 is 0 Å². The number of halogens is 4. The Hall–Kier alpha value is -2.36. The highest BCUT2D eigenvalue weighted by atomic mass is 19.2. The van der Waals surface area contributed by atoms with Gasteiger partial charge in [-0.05, 0) is 5.59 Å². The topological polar surface area (TPSA) is 67.9 Å². The Kier molecular flexibility index (Phi) is 2.79. The van der Waals surface area contributed by atoms with Gasteiger partial charge in [0.15, 0.2) is 23.3 Å². The molecule has 1 N–H and O–H groups in total. The molecule has 0 unspecified atom stereocenters. The van der Waals surface area contributed by atoms with E-state index in [0.29, 0.717) is 0 Å². The zero-order valence-corrected chi connectivity index (χ0v) is 8.17. The van der Waals surface area contributed by atoms with Crippen LogP contribution in [0.4, 0.5) is 23.2 Å². The van der Waals surface area contributed by atoms with Crippen molar-refractivity contribution in [3.8, 4) is 0 Å². The van der Waals surface area contributed by atoms with Crippen LogP contribution in [0.2, 0.25) is 0 Å². The first kappa shape index (κ1) is 12.1. The highest BCUT2D eigenvalue weighted by Gasteiger charge is 2.33. The van der Waals surface area contributed by atoms with Crippen LogP contribution in [-0.2, 0) is 19.3 Å². The third-order valence-electron chi connectivity index (χ3n) is 1.86. The molecule has 6 nitrogen and oxygen atoms in total. The number of rotatable bonds is 1. The van der Waals surface area contributed by atoms with Crippen molar-refractivity contribution in [2.45, 2.75) is 0 Å². The summed E-state index contributed by atoms with van der Waals surface area (Å²) in [5, 5.41) is 0.0324. The predicted octanol–water partition coefficient (Wildman–Crippen LogP) is 0.484. The van der Waals surface area contributed by atoms with E-state index in [4.69, 9.17) is 0 Å². The fourth-order valence-electron chi connectivity index (χ4n) is 1.07. The fourth-order valence-corrected chi connectivity index (χ4v) is 1.07. The molecule has 18 heavy (non-hydrogen) atoms. The van der Waals surface area contributed by atoms with E-state index in [2.05, 4.69) is 9.68 Å². The van der Waals surface area contributed by atoms with E-state index >= 15 is 0 Å². The first-order chi connectivity index (χ1) is 8.41. The smallest absolute Gasteiger partial charge is 0.338 e. The zero-order chi connectivity index (χ0) is 13.4. The molecule has 0 bridgehead atoms. The van der Waals surface area contributed by atoms with E-state index in [1.807, 2.05) is 0 Å². The number of carbonyl (C=O) groups excluding carboxylic acids is 2. The Bertz CT molecular complexity index is 550. The molecule has 10 heteroatoms. The van der Waals surface area contributed by atoms with Crippen LogP contribution < -0.4 is 10.8 Å². The molecule has 1 heterocycles. The van der Waals surface area contributed by atoms with E-state index in [1.54, 1.807) is 5.59 Å². The van der Waals surface area contributed by atoms with Crippen LogP contribution in [0.25, 0.3) is 0 Å². The third-order valence-corrected chi connectivity index (χ3v) is 1.86. The van der Waals surface area contributed by atoms with Gasteiger partial charge in [0, 0.05) is 6.07 Å². The van der Waals surface area contributed by atoms with Crippen molar-refractivity contribution in [3.63, 3.8) is 0 Å². The minimum atomic E-state index is -2.11. The molecule has 1 aliphatic rings. The minimum absolute atomic E-state index is 0.0324. The van der Waals surface area contributed by atoms with Crippen LogP contribution in [0.15, 0.2) is 6.07 Å². The first-order valence-corrected chi connectivity index (χ1v) is 4.23. The van der Waals surface area contributed by atoms with Gasteiger partial charge in [-0.15, -0.1) is 0 Å². The highest BCUT2D eigenvalue weighted by molar-refractivity contribution is 6.30. The standard InChI is InChI=1S/C8H2F4N2O4/c9-2-1-3(5(11)6(12)4(2)10)14-13-17-7(15)8(16)18-14/h1,13H. The zero-order valence-electron chi connectivity index (χ0n) is 8.17. The largest absolute Gasteiger partial charge is 0.444 e. The molecule has 1 aromatic rings. The normalized spacial score (nSPS) is 15.4. The molecule has 0 atom stereocenters. The van der Waals surface area contributed by atoms with Gasteiger partial charge >= 0.3 is 11.9 Å². The Morgan fingerprint density at radius 1 is 1.00 bits per heavy atom. The molecule has 0 aromatic heterocycles. The van der Waals surface area contributed by atoms with E-state index in [-0.39, 0.29) is 11.2 Å². The lowest BCUT2D eigenvalue weighted by atomic mass is 10.2. The van der Waals surface area contributed by atoms with Crippen LogP contribution in [0.5, 0.6) is 0 Å². The number of hydrogen-bond acceptors (Lipinski definition) is 6. The van der Waals surface area contributed by atoms with Crippen molar-refractivity contribution in [1.82, 2.24) is 5.59 Å². The summed E-state index contributed by atoms with van der Waals surface area (Å²) >= 11 is 0. The summed E-state index contributed by atoms with van der Waals surface area (Å²) in [6.07, 6.45) is 0. The summed E-state index contributed by atoms with van der Waals surface area (Å²) in [5.74, 6) is -10.7. The summed E-state index contributed by atoms with van der Waals surface area (Å²) in [7, 11) is 0. The fraction of sp³-hybridized carbons (Fsp3) is 0. The molecule has 0 spiro atoms. The summed E-state index contributed by atoms with van der Waals surface area (Å²) < 4.78 is 51.7. The van der Waals surface area contributed by atoms with Crippen molar-refractivity contribution in [2.75, 3.05) is 5.17 Å². The summed E-state index contributed by atoms with van der Waals surface area (Å²) in [6, 6.07) is 0.202. The molecule has 1 aromatic carbocycles. The van der Waals surface area contributed by atoms with Crippen molar-refractivity contribution in [3.05, 3.63) is 29.3 Å². The SMILES string of the molecule is O=C1ONN(c2cc(F)c(F)c(F)c2F)OC1=O. The Morgan fingerprint density at radius 3 is 2.28 bits per heavy atom. The Morgan fingerprint density at radius 2 is 1.67 bits per heavy atom. The second-order valence-electron chi connectivity index (χ2n) is 2.97. The van der Waals surface area contributed by atoms with Crippen LogP contribution in [0.3, 0.4) is 0 Å². The average molecular weight is 266 g/mol. The summed E-state index contributed by atoms with van der Waals surface area (Å²) in [4.78, 5) is 29.4. The van der Waals surface area contributed by atoms with Crippen molar-refractivity contribution in [2.24, 2.45) is 0 Å². The van der Waals surface area contributed by atoms with Gasteiger partial charge in [-0.2, -0.15) is 0 Å². The number of carbonyl (C=O) groups is 2. The highest BCUT2D eigenvalue weighted by Crippen LogP contribution is 2.26. The van der Waals surface area contributed by atoms with Gasteiger partial charge in [0.1, 0.15) is 5.69 Å². The van der Waals surface area contributed by atoms with Gasteiger partial charge in [0.05, 0.1) is 0 Å². The number of nitrogens with one attached hydrogen (secondary N) is 1. The molecule has 0 aliphatic carbocycles. The Labute approximate surface area is 95.6 Å². The number of hydrazine groups is 1. The quantitative estimate of drug-likeness (QED) is 0.345. The van der Waals surface area contributed by atoms with Gasteiger partial charge < -0.3 is 9.68 Å². The molecule has 1 aliphatic heterocycles. The van der Waals surface area contributed by atoms with Gasteiger partial charge in [-0.1, -0.05) is 5.17 Å². The first-order valence-electron chi connectivity index (χ1n) is 4.23. The summed E-state index contributed by atoms with van der Waals surface area (Å²) in [5.41, 5.74) is 0.554. The average Bonchev–Trinajstić information content (AvgIpc) is 2.35. The maximum atomic E-state index is 13.3. The maximum Gasteiger partial charge on any atom is 0.444 e. The number of anilines is 1. The molecule has 96 valence electrons. The lowest BCUT2D eigenvalue weighted by Crippen LogP contribution is -2.50. The Balaban J connectivity index is 2.40. The maximum absolute atomic E-state index is 13.3. The molecular weight excluding hydrogens is 264 g/mol. The molecule has 0 amide bonds. The van der Waals surface area contributed by atoms with Crippen molar-refractivity contribution in [1.29, 1.82) is 0 Å². The van der Waals surface area contributed by atoms with Gasteiger partial charge in [-0.3, -0.25) is 0 Å². The van der Waals surface area contributed by atoms with E-state index in [0.717, 1.165) is 0 Å². The lowest BCUT2D eigenvalue weighted by Gasteiger charge is -2.25. The van der Waals surface area contributed by atoms with E-state index in [9.17, 15) is 27.2 Å². The number of hydrogen-bond donors (Lipinski definition) is 1. The van der Waals surface area contributed by atoms with Crippen molar-refractivity contribution >= 4 is 17.6 Å². The van der Waals surface area contributed by atoms with E-state index < -0.39 is 40.9 Å². The monoisotopic (exact) mass is 266 g/mol.